The van der Waals surface area contributed by atoms with E-state index in [1.54, 1.807) is 36.5 Å². The molecule has 3 atom stereocenters. The van der Waals surface area contributed by atoms with Gasteiger partial charge in [0.2, 0.25) is 15.9 Å². The van der Waals surface area contributed by atoms with Gasteiger partial charge >= 0.3 is 0 Å². The number of sulfonamides is 1. The molecule has 1 aliphatic heterocycles. The Kier molecular flexibility index (Phi) is 9.86. The van der Waals surface area contributed by atoms with Gasteiger partial charge in [0.25, 0.3) is 17.9 Å². The molecule has 0 bridgehead atoms. The molecule has 0 radical (unpaired) electrons. The molecule has 3 aromatic carbocycles. The summed E-state index contributed by atoms with van der Waals surface area (Å²) in [6, 6.07) is 16.5. The molecule has 3 aliphatic rings. The number of carbonyl (C=O) groups is 1. The van der Waals surface area contributed by atoms with Gasteiger partial charge in [-0.1, -0.05) is 12.1 Å². The first-order chi connectivity index (χ1) is 28.7. The number of benzene rings is 3. The number of carbonyl (C=O) groups excluding carboxylic acids is 1. The molecule has 1 N–H and O–H groups in total. The van der Waals surface area contributed by atoms with Crippen LogP contribution in [-0.2, 0) is 38.4 Å². The number of pyridine rings is 1. The molecule has 1 saturated heterocycles. The van der Waals surface area contributed by atoms with Gasteiger partial charge in [0.05, 0.1) is 46.4 Å². The van der Waals surface area contributed by atoms with Gasteiger partial charge in [0.1, 0.15) is 35.4 Å². The molecule has 0 spiro atoms. The molecule has 19 heteroatoms. The lowest BCUT2D eigenvalue weighted by atomic mass is 10.0. The van der Waals surface area contributed by atoms with Crippen molar-refractivity contribution in [3.05, 3.63) is 135 Å². The zero-order valence-electron chi connectivity index (χ0n) is 31.2. The van der Waals surface area contributed by atoms with E-state index in [1.807, 2.05) is 0 Å². The van der Waals surface area contributed by atoms with Gasteiger partial charge in [-0.2, -0.15) is 18.2 Å². The maximum Gasteiger partial charge on any atom is 0.293 e. The molecule has 12 nitrogen and oxygen atoms in total. The van der Waals surface area contributed by atoms with Crippen LogP contribution in [0.1, 0.15) is 53.1 Å². The molecular formula is C41H33F6N7O5S. The molecule has 2 fully saturated rings. The smallest absolute Gasteiger partial charge is 0.293 e. The van der Waals surface area contributed by atoms with Crippen molar-refractivity contribution in [1.82, 2.24) is 33.9 Å². The van der Waals surface area contributed by atoms with E-state index < -0.39 is 87.7 Å². The fraction of sp³-hybridized carbons (Fsp3) is 0.293. The monoisotopic (exact) mass is 849 g/mol. The van der Waals surface area contributed by atoms with E-state index in [2.05, 4.69) is 15.4 Å². The highest BCUT2D eigenvalue weighted by Crippen LogP contribution is 2.68. The van der Waals surface area contributed by atoms with E-state index in [4.69, 9.17) is 9.72 Å². The van der Waals surface area contributed by atoms with Gasteiger partial charge in [-0.25, -0.2) is 31.0 Å². The fourth-order valence-electron chi connectivity index (χ4n) is 8.21. The number of nitrogens with zero attached hydrogens (tertiary/aromatic N) is 6. The van der Waals surface area contributed by atoms with Crippen LogP contribution in [0.3, 0.4) is 0 Å². The second-order valence-electron chi connectivity index (χ2n) is 14.8. The van der Waals surface area contributed by atoms with Crippen molar-refractivity contribution in [2.75, 3.05) is 26.3 Å². The lowest BCUT2D eigenvalue weighted by molar-refractivity contribution is -0.123. The Hall–Kier alpha value is -5.92. The zero-order valence-corrected chi connectivity index (χ0v) is 32.1. The lowest BCUT2D eigenvalue weighted by Crippen LogP contribution is -2.40. The Balaban J connectivity index is 1.17. The van der Waals surface area contributed by atoms with Crippen LogP contribution in [-0.4, -0.2) is 69.2 Å². The van der Waals surface area contributed by atoms with Crippen molar-refractivity contribution in [2.24, 2.45) is 5.92 Å². The highest BCUT2D eigenvalue weighted by atomic mass is 32.2. The predicted octanol–water partition coefficient (Wildman–Crippen LogP) is 6.19. The van der Waals surface area contributed by atoms with Crippen molar-refractivity contribution in [1.29, 1.82) is 0 Å². The number of halogens is 6. The largest absolute Gasteiger partial charge is 0.379 e. The summed E-state index contributed by atoms with van der Waals surface area (Å²) in [7, 11) is -3.97. The summed E-state index contributed by atoms with van der Waals surface area (Å²) < 4.78 is 123. The third-order valence-electron chi connectivity index (χ3n) is 11.0. The normalized spacial score (nSPS) is 19.0. The molecule has 9 rings (SSSR count). The number of ether oxygens (including phenoxy) is 1. The molecule has 60 heavy (non-hydrogen) atoms. The Bertz CT molecular complexity index is 2810. The standard InChI is InChI=1S/C41H33F6N7O5S/c42-24-15-22(16-25(43)19-24)17-33(49-34(55)21-53-37-35(36(51-53)38(44)45)29-20-30(29)41(37,46)47)39-50-32-18-23(31-3-1-2-10-48-31)4-9-28(32)40(56)54(39)26-5-7-27(8-6-26)60(57,58)52-11-13-59-14-12-52/h1-10,15-16,18-19,29-30,33,38H,11-14,17,20-21H2,(H,49,55)/t29-,30+,33?/m1/s1. The van der Waals surface area contributed by atoms with Crippen LogP contribution in [0.4, 0.5) is 26.3 Å². The third kappa shape index (κ3) is 7.02. The molecular weight excluding hydrogens is 817 g/mol. The van der Waals surface area contributed by atoms with Crippen molar-refractivity contribution in [2.45, 2.75) is 48.6 Å². The van der Waals surface area contributed by atoms with Crippen LogP contribution in [0, 0.1) is 17.6 Å². The van der Waals surface area contributed by atoms with Crippen LogP contribution in [0.25, 0.3) is 27.8 Å². The molecule has 6 aromatic rings. The van der Waals surface area contributed by atoms with E-state index >= 15 is 8.78 Å². The third-order valence-corrected chi connectivity index (χ3v) is 12.9. The van der Waals surface area contributed by atoms with Crippen molar-refractivity contribution in [3.8, 4) is 16.9 Å². The van der Waals surface area contributed by atoms with Gasteiger partial charge in [-0.3, -0.25) is 23.8 Å². The number of nitrogens with one attached hydrogen (secondary N) is 1. The Morgan fingerprint density at radius 1 is 0.967 bits per heavy atom. The minimum atomic E-state index is -3.97. The Labute approximate surface area is 337 Å². The summed E-state index contributed by atoms with van der Waals surface area (Å²) in [6.45, 7) is -0.261. The number of hydrogen-bond acceptors (Lipinski definition) is 8. The lowest BCUT2D eigenvalue weighted by Gasteiger charge is -2.26. The maximum absolute atomic E-state index is 15.4. The zero-order chi connectivity index (χ0) is 42.1. The van der Waals surface area contributed by atoms with Gasteiger partial charge in [-0.15, -0.1) is 0 Å². The molecule has 2 aliphatic carbocycles. The average molecular weight is 850 g/mol. The van der Waals surface area contributed by atoms with Crippen molar-refractivity contribution >= 4 is 26.8 Å². The summed E-state index contributed by atoms with van der Waals surface area (Å²) in [5.74, 6) is -8.64. The first kappa shape index (κ1) is 39.5. The maximum atomic E-state index is 15.4. The molecule has 1 saturated carbocycles. The summed E-state index contributed by atoms with van der Waals surface area (Å²) in [5.41, 5.74) is -1.24. The van der Waals surface area contributed by atoms with E-state index in [1.165, 1.54) is 34.6 Å². The quantitative estimate of drug-likeness (QED) is 0.152. The minimum Gasteiger partial charge on any atom is -0.379 e. The molecule has 1 amide bonds. The highest BCUT2D eigenvalue weighted by molar-refractivity contribution is 7.89. The number of rotatable bonds is 11. The van der Waals surface area contributed by atoms with E-state index in [0.29, 0.717) is 22.0 Å². The van der Waals surface area contributed by atoms with Crippen LogP contribution in [0.5, 0.6) is 0 Å². The van der Waals surface area contributed by atoms with Gasteiger partial charge in [0, 0.05) is 48.8 Å². The second kappa shape index (κ2) is 15.0. The van der Waals surface area contributed by atoms with Crippen LogP contribution < -0.4 is 10.9 Å². The summed E-state index contributed by atoms with van der Waals surface area (Å²) in [6.07, 6.45) is -2.02. The van der Waals surface area contributed by atoms with Gasteiger partial charge < -0.3 is 10.1 Å². The highest BCUT2D eigenvalue weighted by Gasteiger charge is 2.67. The topological polar surface area (TPSA) is 141 Å². The predicted molar refractivity (Wildman–Crippen MR) is 203 cm³/mol. The van der Waals surface area contributed by atoms with Crippen molar-refractivity contribution < 1.29 is 44.3 Å². The van der Waals surface area contributed by atoms with Crippen LogP contribution in [0.15, 0.2) is 94.7 Å². The molecule has 4 heterocycles. The number of alkyl halides is 4. The number of fused-ring (bicyclic) bond motifs is 4. The number of aromatic nitrogens is 5. The van der Waals surface area contributed by atoms with Crippen molar-refractivity contribution in [3.63, 3.8) is 0 Å². The van der Waals surface area contributed by atoms with E-state index in [0.717, 1.165) is 16.7 Å². The second-order valence-corrected chi connectivity index (χ2v) is 16.8. The van der Waals surface area contributed by atoms with Gasteiger partial charge in [-0.05, 0) is 78.6 Å². The van der Waals surface area contributed by atoms with E-state index in [9.17, 15) is 35.6 Å². The van der Waals surface area contributed by atoms with Crippen LogP contribution in [0.2, 0.25) is 0 Å². The van der Waals surface area contributed by atoms with Crippen LogP contribution >= 0.6 is 0 Å². The molecule has 310 valence electrons. The first-order valence-corrected chi connectivity index (χ1v) is 20.3. The molecule has 1 unspecified atom stereocenters. The fourth-order valence-corrected chi connectivity index (χ4v) is 9.61. The van der Waals surface area contributed by atoms with E-state index in [-0.39, 0.29) is 71.2 Å². The average Bonchev–Trinajstić information content (AvgIpc) is 3.89. The SMILES string of the molecule is O=C(Cn1nc(C(F)F)c2c1C(F)(F)[C@H]1C[C@@H]21)NC(Cc1cc(F)cc(F)c1)c1nc2cc(-c3ccccn3)ccc2c(=O)n1-c1ccc(S(=O)(=O)N2CCOCC2)cc1. The number of amides is 1. The minimum absolute atomic E-state index is 0.000488. The summed E-state index contributed by atoms with van der Waals surface area (Å²) in [5, 5.41) is 6.49. The number of hydrogen-bond donors (Lipinski definition) is 1. The number of morpholine rings is 1. The Morgan fingerprint density at radius 3 is 2.38 bits per heavy atom. The summed E-state index contributed by atoms with van der Waals surface area (Å²) in [4.78, 5) is 37.7. The Morgan fingerprint density at radius 2 is 1.70 bits per heavy atom. The summed E-state index contributed by atoms with van der Waals surface area (Å²) >= 11 is 0. The molecule has 3 aromatic heterocycles. The van der Waals surface area contributed by atoms with Gasteiger partial charge in [0.15, 0.2) is 0 Å². The first-order valence-electron chi connectivity index (χ1n) is 18.9.